The molecule has 35 heavy (non-hydrogen) atoms. The van der Waals surface area contributed by atoms with Crippen LogP contribution in [0.25, 0.3) is 39.4 Å². The molecular weight excluding hydrogens is 438 g/mol. The number of carboxylic acids is 1. The number of rotatable bonds is 5. The monoisotopic (exact) mass is 461 g/mol. The lowest BCUT2D eigenvalue weighted by molar-refractivity contribution is -0.147. The van der Waals surface area contributed by atoms with Crippen molar-refractivity contribution in [3.05, 3.63) is 90.8 Å². The highest BCUT2D eigenvalue weighted by molar-refractivity contribution is 5.86. The number of aromatic nitrogens is 4. The second-order valence-electron chi connectivity index (χ2n) is 8.93. The SMILES string of the molecule is Nc1ncccc1-c1nc2cc(-c3ccccc3)cnc2n1-c1ccc(C2(C(=O)O)CCC2)cc1. The first-order valence-electron chi connectivity index (χ1n) is 11.6. The van der Waals surface area contributed by atoms with Gasteiger partial charge in [0.05, 0.1) is 11.0 Å². The molecule has 0 spiro atoms. The third kappa shape index (κ3) is 3.35. The van der Waals surface area contributed by atoms with Crippen molar-refractivity contribution in [2.24, 2.45) is 0 Å². The minimum absolute atomic E-state index is 0.378. The zero-order valence-electron chi connectivity index (χ0n) is 18.9. The second kappa shape index (κ2) is 8.06. The summed E-state index contributed by atoms with van der Waals surface area (Å²) >= 11 is 0. The number of fused-ring (bicyclic) bond motifs is 1. The van der Waals surface area contributed by atoms with Crippen LogP contribution in [0.5, 0.6) is 0 Å². The van der Waals surface area contributed by atoms with Crippen LogP contribution in [0.3, 0.4) is 0 Å². The van der Waals surface area contributed by atoms with Gasteiger partial charge in [-0.15, -0.1) is 0 Å². The van der Waals surface area contributed by atoms with Crippen LogP contribution in [0.15, 0.2) is 85.2 Å². The Bertz CT molecular complexity index is 1550. The normalized spacial score (nSPS) is 14.5. The number of carbonyl (C=O) groups is 1. The highest BCUT2D eigenvalue weighted by Gasteiger charge is 2.45. The summed E-state index contributed by atoms with van der Waals surface area (Å²) in [6.45, 7) is 0. The number of imidazole rings is 1. The summed E-state index contributed by atoms with van der Waals surface area (Å²) in [5, 5.41) is 9.83. The molecule has 6 rings (SSSR count). The largest absolute Gasteiger partial charge is 0.481 e. The molecule has 3 N–H and O–H groups in total. The van der Waals surface area contributed by atoms with Crippen molar-refractivity contribution in [3.8, 4) is 28.2 Å². The number of nitrogens with two attached hydrogens (primary N) is 1. The number of hydrogen-bond acceptors (Lipinski definition) is 5. The van der Waals surface area contributed by atoms with Gasteiger partial charge in [-0.3, -0.25) is 9.36 Å². The van der Waals surface area contributed by atoms with Crippen LogP contribution >= 0.6 is 0 Å². The van der Waals surface area contributed by atoms with Crippen LogP contribution in [0, 0.1) is 0 Å². The van der Waals surface area contributed by atoms with E-state index in [1.54, 1.807) is 6.20 Å². The van der Waals surface area contributed by atoms with Crippen molar-refractivity contribution in [3.63, 3.8) is 0 Å². The molecule has 7 nitrogen and oxygen atoms in total. The Balaban J connectivity index is 1.53. The van der Waals surface area contributed by atoms with E-state index in [0.29, 0.717) is 35.7 Å². The van der Waals surface area contributed by atoms with Gasteiger partial charge in [0.25, 0.3) is 0 Å². The van der Waals surface area contributed by atoms with E-state index in [1.165, 1.54) is 0 Å². The van der Waals surface area contributed by atoms with Crippen LogP contribution in [-0.2, 0) is 10.2 Å². The van der Waals surface area contributed by atoms with E-state index < -0.39 is 11.4 Å². The number of nitrogens with zero attached hydrogens (tertiary/aromatic N) is 4. The lowest BCUT2D eigenvalue weighted by Gasteiger charge is -2.38. The molecule has 0 atom stereocenters. The summed E-state index contributed by atoms with van der Waals surface area (Å²) in [6.07, 6.45) is 5.75. The van der Waals surface area contributed by atoms with Crippen molar-refractivity contribution >= 4 is 23.0 Å². The quantitative estimate of drug-likeness (QED) is 0.371. The molecule has 3 aromatic heterocycles. The van der Waals surface area contributed by atoms with Crippen molar-refractivity contribution < 1.29 is 9.90 Å². The minimum Gasteiger partial charge on any atom is -0.481 e. The fourth-order valence-electron chi connectivity index (χ4n) is 4.87. The summed E-state index contributed by atoms with van der Waals surface area (Å²) in [6, 6.07) is 23.5. The average Bonchev–Trinajstić information content (AvgIpc) is 3.23. The highest BCUT2D eigenvalue weighted by Crippen LogP contribution is 2.44. The first kappa shape index (κ1) is 21.0. The maximum atomic E-state index is 12.0. The standard InChI is InChI=1S/C28H23N5O2/c29-24-22(8-4-15-30-24)25-32-23-16-19(18-6-2-1-3-7-18)17-31-26(23)33(25)21-11-9-20(10-12-21)28(27(34)35)13-5-14-28/h1-4,6-12,15-17H,5,13-14H2,(H2,29,30)(H,34,35). The van der Waals surface area contributed by atoms with Crippen molar-refractivity contribution in [2.45, 2.75) is 24.7 Å². The summed E-state index contributed by atoms with van der Waals surface area (Å²) in [7, 11) is 0. The Labute approximate surface area is 201 Å². The first-order valence-corrected chi connectivity index (χ1v) is 11.6. The van der Waals surface area contributed by atoms with E-state index in [1.807, 2.05) is 83.6 Å². The number of pyridine rings is 2. The summed E-state index contributed by atoms with van der Waals surface area (Å²) in [4.78, 5) is 25.9. The van der Waals surface area contributed by atoms with Crippen LogP contribution in [0.1, 0.15) is 24.8 Å². The maximum Gasteiger partial charge on any atom is 0.314 e. The molecule has 0 bridgehead atoms. The molecule has 2 aromatic carbocycles. The molecule has 0 unspecified atom stereocenters. The predicted molar refractivity (Wildman–Crippen MR) is 135 cm³/mol. The van der Waals surface area contributed by atoms with Gasteiger partial charge in [0, 0.05) is 23.6 Å². The Morgan fingerprint density at radius 2 is 1.71 bits per heavy atom. The summed E-state index contributed by atoms with van der Waals surface area (Å²) in [5.41, 5.74) is 11.3. The second-order valence-corrected chi connectivity index (χ2v) is 8.93. The van der Waals surface area contributed by atoms with Crippen LogP contribution < -0.4 is 5.73 Å². The van der Waals surface area contributed by atoms with Gasteiger partial charge in [-0.1, -0.05) is 48.9 Å². The van der Waals surface area contributed by atoms with E-state index in [0.717, 1.165) is 34.3 Å². The number of aliphatic carboxylic acids is 1. The molecule has 1 fully saturated rings. The Kier molecular flexibility index (Phi) is 4.84. The molecule has 1 aliphatic carbocycles. The van der Waals surface area contributed by atoms with E-state index >= 15 is 0 Å². The molecular formula is C28H23N5O2. The third-order valence-electron chi connectivity index (χ3n) is 6.98. The van der Waals surface area contributed by atoms with E-state index in [-0.39, 0.29) is 0 Å². The topological polar surface area (TPSA) is 107 Å². The van der Waals surface area contributed by atoms with Gasteiger partial charge >= 0.3 is 5.97 Å². The van der Waals surface area contributed by atoms with Crippen molar-refractivity contribution in [1.29, 1.82) is 0 Å². The molecule has 5 aromatic rings. The molecule has 0 saturated heterocycles. The zero-order chi connectivity index (χ0) is 24.0. The molecule has 0 amide bonds. The van der Waals surface area contributed by atoms with Gasteiger partial charge in [0.15, 0.2) is 11.5 Å². The number of benzene rings is 2. The molecule has 1 aliphatic rings. The van der Waals surface area contributed by atoms with Crippen LogP contribution in [0.2, 0.25) is 0 Å². The fourth-order valence-corrected chi connectivity index (χ4v) is 4.87. The lowest BCUT2D eigenvalue weighted by atomic mass is 9.64. The number of hydrogen-bond donors (Lipinski definition) is 2. The molecule has 0 aliphatic heterocycles. The number of nitrogen functional groups attached to an aromatic ring is 1. The summed E-state index contributed by atoms with van der Waals surface area (Å²) < 4.78 is 1.95. The van der Waals surface area contributed by atoms with Gasteiger partial charge in [-0.25, -0.2) is 15.0 Å². The average molecular weight is 462 g/mol. The smallest absolute Gasteiger partial charge is 0.314 e. The molecule has 0 radical (unpaired) electrons. The van der Waals surface area contributed by atoms with E-state index in [4.69, 9.17) is 15.7 Å². The third-order valence-corrected chi connectivity index (χ3v) is 6.98. The first-order chi connectivity index (χ1) is 17.1. The number of carboxylic acid groups (broad SMARTS) is 1. The van der Waals surface area contributed by atoms with Gasteiger partial charge < -0.3 is 10.8 Å². The zero-order valence-corrected chi connectivity index (χ0v) is 18.9. The van der Waals surface area contributed by atoms with Crippen LogP contribution in [-0.4, -0.2) is 30.6 Å². The Morgan fingerprint density at radius 1 is 0.943 bits per heavy atom. The van der Waals surface area contributed by atoms with Gasteiger partial charge in [0.2, 0.25) is 0 Å². The highest BCUT2D eigenvalue weighted by atomic mass is 16.4. The van der Waals surface area contributed by atoms with Gasteiger partial charge in [-0.05, 0) is 54.3 Å². The van der Waals surface area contributed by atoms with Crippen molar-refractivity contribution in [2.75, 3.05) is 5.73 Å². The van der Waals surface area contributed by atoms with E-state index in [9.17, 15) is 9.90 Å². The van der Waals surface area contributed by atoms with Crippen LogP contribution in [0.4, 0.5) is 5.82 Å². The molecule has 172 valence electrons. The minimum atomic E-state index is -0.783. The Morgan fingerprint density at radius 3 is 2.37 bits per heavy atom. The maximum absolute atomic E-state index is 12.0. The fraction of sp³-hybridized carbons (Fsp3) is 0.143. The predicted octanol–water partition coefficient (Wildman–Crippen LogP) is 5.24. The Hall–Kier alpha value is -4.52. The van der Waals surface area contributed by atoms with Gasteiger partial charge in [-0.2, -0.15) is 0 Å². The molecule has 1 saturated carbocycles. The van der Waals surface area contributed by atoms with Crippen molar-refractivity contribution in [1.82, 2.24) is 19.5 Å². The number of anilines is 1. The summed E-state index contributed by atoms with van der Waals surface area (Å²) in [5.74, 6) is 0.249. The molecule has 7 heteroatoms. The van der Waals surface area contributed by atoms with E-state index in [2.05, 4.69) is 4.98 Å². The lowest BCUT2D eigenvalue weighted by Crippen LogP contribution is -2.42. The molecule has 3 heterocycles. The van der Waals surface area contributed by atoms with Gasteiger partial charge in [0.1, 0.15) is 11.3 Å².